The Hall–Kier alpha value is -3.61. The number of amides is 1. The number of benzene rings is 3. The highest BCUT2D eigenvalue weighted by molar-refractivity contribution is 6.35. The van der Waals surface area contributed by atoms with Crippen molar-refractivity contribution >= 4 is 51.5 Å². The van der Waals surface area contributed by atoms with Gasteiger partial charge < -0.3 is 14.6 Å². The van der Waals surface area contributed by atoms with Gasteiger partial charge in [-0.15, -0.1) is 0 Å². The van der Waals surface area contributed by atoms with Gasteiger partial charge >= 0.3 is 5.97 Å². The van der Waals surface area contributed by atoms with Crippen LogP contribution in [0.5, 0.6) is 0 Å². The number of hydrogen-bond donors (Lipinski definition) is 1. The minimum atomic E-state index is -1.13. The number of rotatable bonds is 6. The third-order valence-electron chi connectivity index (χ3n) is 5.94. The first kappa shape index (κ1) is 25.5. The molecule has 0 fully saturated rings. The van der Waals surface area contributed by atoms with Gasteiger partial charge in [-0.1, -0.05) is 78.2 Å². The highest BCUT2D eigenvalue weighted by Gasteiger charge is 2.28. The molecule has 1 atom stereocenters. The highest BCUT2D eigenvalue weighted by atomic mass is 35.5. The number of hydrogen-bond acceptors (Lipinski definition) is 4. The molecule has 4 rings (SSSR count). The average molecular weight is 523 g/mol. The van der Waals surface area contributed by atoms with Crippen molar-refractivity contribution in [3.8, 4) is 11.1 Å². The Morgan fingerprint density at radius 3 is 2.33 bits per heavy atom. The summed E-state index contributed by atoms with van der Waals surface area (Å²) >= 11 is 12.2. The highest BCUT2D eigenvalue weighted by Crippen LogP contribution is 2.32. The summed E-state index contributed by atoms with van der Waals surface area (Å²) in [5.41, 5.74) is 2.40. The average Bonchev–Trinajstić information content (AvgIpc) is 2.87. The van der Waals surface area contributed by atoms with E-state index in [1.807, 2.05) is 37.3 Å². The first-order valence-corrected chi connectivity index (χ1v) is 12.1. The molecule has 0 aliphatic rings. The molecule has 6 nitrogen and oxygen atoms in total. The van der Waals surface area contributed by atoms with E-state index in [4.69, 9.17) is 27.9 Å². The second-order valence-corrected chi connectivity index (χ2v) is 9.26. The fourth-order valence-corrected chi connectivity index (χ4v) is 4.37. The molecule has 0 bridgehead atoms. The number of aryl methyl sites for hydroxylation is 1. The lowest BCUT2D eigenvalue weighted by Gasteiger charge is -2.20. The van der Waals surface area contributed by atoms with Crippen molar-refractivity contribution in [2.45, 2.75) is 26.4 Å². The van der Waals surface area contributed by atoms with E-state index in [1.54, 1.807) is 37.3 Å². The maximum absolute atomic E-state index is 13.6. The minimum Gasteiger partial charge on any atom is -0.448 e. The Bertz CT molecular complexity index is 1530. The minimum absolute atomic E-state index is 0.0644. The number of pyridine rings is 1. The van der Waals surface area contributed by atoms with Gasteiger partial charge in [0.15, 0.2) is 6.10 Å². The number of nitrogens with one attached hydrogen (secondary N) is 1. The van der Waals surface area contributed by atoms with Crippen LogP contribution in [0.4, 0.5) is 5.69 Å². The van der Waals surface area contributed by atoms with Gasteiger partial charge in [0.1, 0.15) is 5.69 Å². The molecule has 0 radical (unpaired) electrons. The molecule has 36 heavy (non-hydrogen) atoms. The summed E-state index contributed by atoms with van der Waals surface area (Å²) in [6, 6.07) is 19.4. The summed E-state index contributed by atoms with van der Waals surface area (Å²) in [5, 5.41) is 4.47. The zero-order chi connectivity index (χ0) is 26.0. The van der Waals surface area contributed by atoms with Crippen LogP contribution in [-0.2, 0) is 16.6 Å². The van der Waals surface area contributed by atoms with Gasteiger partial charge in [0.25, 0.3) is 11.5 Å². The smallest absolute Gasteiger partial charge is 0.356 e. The van der Waals surface area contributed by atoms with E-state index in [-0.39, 0.29) is 17.7 Å². The largest absolute Gasteiger partial charge is 0.448 e. The van der Waals surface area contributed by atoms with E-state index in [9.17, 15) is 14.4 Å². The molecular formula is C28H24Cl2N2O4. The molecule has 184 valence electrons. The molecular weight excluding hydrogens is 499 g/mol. The lowest BCUT2D eigenvalue weighted by Crippen LogP contribution is -2.34. The van der Waals surface area contributed by atoms with E-state index in [2.05, 4.69) is 5.32 Å². The fraction of sp³-hybridized carbons (Fsp3) is 0.179. The molecule has 3 aromatic carbocycles. The molecule has 8 heteroatoms. The number of carbonyl (C=O) groups is 2. The number of aromatic nitrogens is 1. The van der Waals surface area contributed by atoms with E-state index in [1.165, 1.54) is 17.7 Å². The van der Waals surface area contributed by atoms with Gasteiger partial charge in [-0.05, 0) is 48.6 Å². The second-order valence-electron chi connectivity index (χ2n) is 8.42. The second kappa shape index (κ2) is 10.6. The van der Waals surface area contributed by atoms with Crippen LogP contribution in [0.15, 0.2) is 71.5 Å². The Kier molecular flexibility index (Phi) is 7.48. The number of carbonyl (C=O) groups excluding carboxylic acids is 2. The van der Waals surface area contributed by atoms with Crippen LogP contribution in [-0.4, -0.2) is 22.5 Å². The monoisotopic (exact) mass is 522 g/mol. The number of esters is 1. The quantitative estimate of drug-likeness (QED) is 0.297. The van der Waals surface area contributed by atoms with Crippen LogP contribution in [0.25, 0.3) is 21.9 Å². The first-order valence-electron chi connectivity index (χ1n) is 11.4. The van der Waals surface area contributed by atoms with Gasteiger partial charge in [0.05, 0.1) is 10.7 Å². The Morgan fingerprint density at radius 1 is 1.00 bits per heavy atom. The maximum Gasteiger partial charge on any atom is 0.356 e. The van der Waals surface area contributed by atoms with Crippen molar-refractivity contribution in [1.29, 1.82) is 0 Å². The van der Waals surface area contributed by atoms with Gasteiger partial charge in [-0.25, -0.2) is 4.79 Å². The topological polar surface area (TPSA) is 77.4 Å². The summed E-state index contributed by atoms with van der Waals surface area (Å²) in [7, 11) is 1.52. The maximum atomic E-state index is 13.6. The SMILES string of the molecule is CCC(OC(=O)c1c(-c2ccc(C)cc2)c2ccccc2c(=O)n1C)C(=O)Nc1cc(Cl)ccc1Cl. The number of halogens is 2. The molecule has 0 aliphatic carbocycles. The Balaban J connectivity index is 1.76. The number of ether oxygens (including phenoxy) is 1. The Morgan fingerprint density at radius 2 is 1.67 bits per heavy atom. The van der Waals surface area contributed by atoms with E-state index in [0.29, 0.717) is 32.1 Å². The van der Waals surface area contributed by atoms with Gasteiger partial charge in [0.2, 0.25) is 0 Å². The predicted molar refractivity (Wildman–Crippen MR) is 144 cm³/mol. The zero-order valence-corrected chi connectivity index (χ0v) is 21.5. The van der Waals surface area contributed by atoms with Gasteiger partial charge in [-0.2, -0.15) is 0 Å². The molecule has 1 unspecified atom stereocenters. The molecule has 1 N–H and O–H groups in total. The lowest BCUT2D eigenvalue weighted by molar-refractivity contribution is -0.124. The molecule has 0 aliphatic heterocycles. The van der Waals surface area contributed by atoms with Crippen molar-refractivity contribution < 1.29 is 14.3 Å². The predicted octanol–water partition coefficient (Wildman–Crippen LogP) is 6.39. The van der Waals surface area contributed by atoms with Crippen LogP contribution in [0.1, 0.15) is 29.4 Å². The lowest BCUT2D eigenvalue weighted by atomic mass is 9.96. The van der Waals surface area contributed by atoms with Crippen molar-refractivity contribution in [3.63, 3.8) is 0 Å². The van der Waals surface area contributed by atoms with Crippen molar-refractivity contribution in [2.24, 2.45) is 7.05 Å². The van der Waals surface area contributed by atoms with E-state index < -0.39 is 18.0 Å². The third-order valence-corrected chi connectivity index (χ3v) is 6.50. The van der Waals surface area contributed by atoms with E-state index >= 15 is 0 Å². The fourth-order valence-electron chi connectivity index (χ4n) is 4.03. The Labute approximate surface area is 218 Å². The van der Waals surface area contributed by atoms with Gasteiger partial charge in [0, 0.05) is 23.0 Å². The molecule has 1 amide bonds. The standard InChI is InChI=1S/C28H24Cl2N2O4/c1-4-23(26(33)31-22-15-18(29)13-14-21(22)30)36-28(35)25-24(17-11-9-16(2)10-12-17)19-7-5-6-8-20(19)27(34)32(25)3/h5-15,23H,4H2,1-3H3,(H,31,33). The normalized spacial score (nSPS) is 11.8. The van der Waals surface area contributed by atoms with Crippen molar-refractivity contribution in [2.75, 3.05) is 5.32 Å². The zero-order valence-electron chi connectivity index (χ0n) is 20.0. The molecule has 0 saturated heterocycles. The number of fused-ring (bicyclic) bond motifs is 1. The molecule has 1 aromatic heterocycles. The van der Waals surface area contributed by atoms with Crippen molar-refractivity contribution in [1.82, 2.24) is 4.57 Å². The van der Waals surface area contributed by atoms with Gasteiger partial charge in [-0.3, -0.25) is 9.59 Å². The van der Waals surface area contributed by atoms with Crippen molar-refractivity contribution in [3.05, 3.63) is 98.4 Å². The van der Waals surface area contributed by atoms with Crippen LogP contribution < -0.4 is 10.9 Å². The summed E-state index contributed by atoms with van der Waals surface area (Å²) in [5.74, 6) is -1.34. The summed E-state index contributed by atoms with van der Waals surface area (Å²) in [6.07, 6.45) is -0.920. The first-order chi connectivity index (χ1) is 17.2. The number of anilines is 1. The van der Waals surface area contributed by atoms with Crippen LogP contribution in [0, 0.1) is 6.92 Å². The summed E-state index contributed by atoms with van der Waals surface area (Å²) < 4.78 is 6.95. The van der Waals surface area contributed by atoms with Crippen LogP contribution in [0.2, 0.25) is 10.0 Å². The van der Waals surface area contributed by atoms with Crippen LogP contribution in [0.3, 0.4) is 0 Å². The third kappa shape index (κ3) is 5.01. The molecule has 1 heterocycles. The summed E-state index contributed by atoms with van der Waals surface area (Å²) in [4.78, 5) is 39.7. The molecule has 0 spiro atoms. The van der Waals surface area contributed by atoms with E-state index in [0.717, 1.165) is 11.1 Å². The number of nitrogens with zero attached hydrogens (tertiary/aromatic N) is 1. The summed E-state index contributed by atoms with van der Waals surface area (Å²) in [6.45, 7) is 3.69. The molecule has 0 saturated carbocycles. The van der Waals surface area contributed by atoms with Crippen LogP contribution >= 0.6 is 23.2 Å². The molecule has 4 aromatic rings.